The lowest BCUT2D eigenvalue weighted by Gasteiger charge is -2.22. The summed E-state index contributed by atoms with van der Waals surface area (Å²) < 4.78 is 5.65. The molecular weight excluding hydrogens is 248 g/mol. The van der Waals surface area contributed by atoms with E-state index in [1.54, 1.807) is 6.92 Å². The minimum Gasteiger partial charge on any atom is -0.481 e. The maximum absolute atomic E-state index is 12.0. The molecule has 0 spiro atoms. The normalized spacial score (nSPS) is 22.6. The largest absolute Gasteiger partial charge is 0.481 e. The monoisotopic (exact) mass is 266 g/mol. The predicted molar refractivity (Wildman–Crippen MR) is 68.1 cm³/mol. The van der Waals surface area contributed by atoms with E-state index < -0.39 is 11.6 Å². The lowest BCUT2D eigenvalue weighted by Crippen LogP contribution is -2.29. The average Bonchev–Trinajstić information content (AvgIpc) is 2.76. The molecule has 19 heavy (non-hydrogen) atoms. The second kappa shape index (κ2) is 5.13. The fraction of sp³-hybridized carbons (Fsp3) is 0.615. The van der Waals surface area contributed by atoms with Crippen molar-refractivity contribution in [1.82, 2.24) is 9.97 Å². The molecule has 1 atom stereocenters. The van der Waals surface area contributed by atoms with Gasteiger partial charge in [0, 0.05) is 24.3 Å². The van der Waals surface area contributed by atoms with Gasteiger partial charge in [0.2, 0.25) is 0 Å². The molecule has 0 saturated carbocycles. The molecule has 6 nitrogen and oxygen atoms in total. The van der Waals surface area contributed by atoms with E-state index in [0.29, 0.717) is 23.7 Å². The summed E-state index contributed by atoms with van der Waals surface area (Å²) in [6.45, 7) is 4.31. The third-order valence-corrected chi connectivity index (χ3v) is 3.53. The average molecular weight is 266 g/mol. The zero-order valence-corrected chi connectivity index (χ0v) is 11.2. The third kappa shape index (κ3) is 2.84. The highest BCUT2D eigenvalue weighted by Gasteiger charge is 2.34. The first-order valence-corrected chi connectivity index (χ1v) is 6.38. The van der Waals surface area contributed by atoms with Gasteiger partial charge in [0.25, 0.3) is 5.56 Å². The van der Waals surface area contributed by atoms with Crippen LogP contribution in [-0.2, 0) is 21.6 Å². The van der Waals surface area contributed by atoms with E-state index in [2.05, 4.69) is 9.97 Å². The molecule has 104 valence electrons. The van der Waals surface area contributed by atoms with Gasteiger partial charge in [-0.25, -0.2) is 4.98 Å². The lowest BCUT2D eigenvalue weighted by molar-refractivity contribution is -0.136. The van der Waals surface area contributed by atoms with Crippen LogP contribution in [0.25, 0.3) is 0 Å². The van der Waals surface area contributed by atoms with Crippen LogP contribution in [0.3, 0.4) is 0 Å². The second-order valence-electron chi connectivity index (χ2n) is 5.06. The van der Waals surface area contributed by atoms with E-state index in [0.717, 1.165) is 12.8 Å². The van der Waals surface area contributed by atoms with Gasteiger partial charge in [-0.05, 0) is 33.1 Å². The van der Waals surface area contributed by atoms with Crippen LogP contribution in [0.15, 0.2) is 4.79 Å². The van der Waals surface area contributed by atoms with Crippen molar-refractivity contribution < 1.29 is 14.6 Å². The van der Waals surface area contributed by atoms with Crippen molar-refractivity contribution in [2.45, 2.75) is 45.1 Å². The Morgan fingerprint density at radius 2 is 2.32 bits per heavy atom. The molecule has 0 amide bonds. The van der Waals surface area contributed by atoms with E-state index >= 15 is 0 Å². The van der Waals surface area contributed by atoms with Gasteiger partial charge in [0.1, 0.15) is 11.4 Å². The van der Waals surface area contributed by atoms with E-state index in [9.17, 15) is 9.59 Å². The number of carbonyl (C=O) groups is 1. The molecule has 6 heteroatoms. The Labute approximate surface area is 110 Å². The van der Waals surface area contributed by atoms with Gasteiger partial charge in [-0.1, -0.05) is 0 Å². The molecule has 1 saturated heterocycles. The Morgan fingerprint density at radius 3 is 2.84 bits per heavy atom. The number of nitrogens with one attached hydrogen (secondary N) is 1. The molecule has 2 rings (SSSR count). The van der Waals surface area contributed by atoms with Crippen LogP contribution < -0.4 is 5.56 Å². The third-order valence-electron chi connectivity index (χ3n) is 3.53. The minimum absolute atomic E-state index is 0.0707. The Morgan fingerprint density at radius 1 is 1.58 bits per heavy atom. The van der Waals surface area contributed by atoms with Gasteiger partial charge >= 0.3 is 5.97 Å². The van der Waals surface area contributed by atoms with Crippen molar-refractivity contribution in [2.24, 2.45) is 0 Å². The molecule has 0 aliphatic carbocycles. The molecular formula is C13H18N2O4. The Bertz CT molecular complexity index is 544. The lowest BCUT2D eigenvalue weighted by atomic mass is 10.0. The standard InChI is InChI=1S/C13H18N2O4/c1-8-9(4-5-10(16)17)11(18)15-12(14-8)13(2)6-3-7-19-13/h3-7H2,1-2H3,(H,16,17)(H,14,15,18). The Hall–Kier alpha value is -1.69. The summed E-state index contributed by atoms with van der Waals surface area (Å²) in [5, 5.41) is 8.67. The number of aliphatic carboxylic acids is 1. The number of aromatic nitrogens is 2. The van der Waals surface area contributed by atoms with Crippen LogP contribution in [-0.4, -0.2) is 27.7 Å². The summed E-state index contributed by atoms with van der Waals surface area (Å²) in [5.74, 6) is -0.388. The van der Waals surface area contributed by atoms with E-state index in [1.807, 2.05) is 6.92 Å². The molecule has 1 fully saturated rings. The number of H-pyrrole nitrogens is 1. The summed E-state index contributed by atoms with van der Waals surface area (Å²) in [6, 6.07) is 0. The first-order valence-electron chi connectivity index (χ1n) is 6.38. The molecule has 0 bridgehead atoms. The van der Waals surface area contributed by atoms with E-state index in [4.69, 9.17) is 9.84 Å². The molecule has 1 aromatic heterocycles. The number of ether oxygens (including phenoxy) is 1. The Kier molecular flexibility index (Phi) is 3.71. The van der Waals surface area contributed by atoms with Crippen molar-refractivity contribution in [3.8, 4) is 0 Å². The van der Waals surface area contributed by atoms with Crippen molar-refractivity contribution >= 4 is 5.97 Å². The highest BCUT2D eigenvalue weighted by atomic mass is 16.5. The minimum atomic E-state index is -0.922. The number of hydrogen-bond donors (Lipinski definition) is 2. The predicted octanol–water partition coefficient (Wildman–Crippen LogP) is 1.12. The summed E-state index contributed by atoms with van der Waals surface area (Å²) in [4.78, 5) is 29.7. The number of nitrogens with zero attached hydrogens (tertiary/aromatic N) is 1. The SMILES string of the molecule is Cc1nc(C2(C)CCCO2)[nH]c(=O)c1CCC(=O)O. The smallest absolute Gasteiger partial charge is 0.303 e. The van der Waals surface area contributed by atoms with Crippen molar-refractivity contribution in [3.05, 3.63) is 27.4 Å². The maximum atomic E-state index is 12.0. The number of carboxylic acid groups (broad SMARTS) is 1. The number of aromatic amines is 1. The first kappa shape index (κ1) is 13.7. The summed E-state index contributed by atoms with van der Waals surface area (Å²) in [6.07, 6.45) is 1.89. The quantitative estimate of drug-likeness (QED) is 0.852. The highest BCUT2D eigenvalue weighted by molar-refractivity contribution is 5.67. The zero-order chi connectivity index (χ0) is 14.0. The molecule has 1 aliphatic heterocycles. The molecule has 0 radical (unpaired) electrons. The molecule has 2 N–H and O–H groups in total. The van der Waals surface area contributed by atoms with Crippen LogP contribution in [0, 0.1) is 6.92 Å². The second-order valence-corrected chi connectivity index (χ2v) is 5.06. The molecule has 1 aromatic rings. The highest BCUT2D eigenvalue weighted by Crippen LogP contribution is 2.32. The molecule has 1 unspecified atom stereocenters. The summed E-state index contributed by atoms with van der Waals surface area (Å²) in [7, 11) is 0. The molecule has 1 aliphatic rings. The van der Waals surface area contributed by atoms with Crippen LogP contribution in [0.2, 0.25) is 0 Å². The van der Waals surface area contributed by atoms with Gasteiger partial charge in [0.15, 0.2) is 0 Å². The number of rotatable bonds is 4. The molecule has 0 aromatic carbocycles. The number of carboxylic acids is 1. The van der Waals surface area contributed by atoms with Gasteiger partial charge in [-0.3, -0.25) is 9.59 Å². The number of aryl methyl sites for hydroxylation is 1. The first-order chi connectivity index (χ1) is 8.92. The van der Waals surface area contributed by atoms with E-state index in [1.165, 1.54) is 0 Å². The zero-order valence-electron chi connectivity index (χ0n) is 11.2. The summed E-state index contributed by atoms with van der Waals surface area (Å²) >= 11 is 0. The van der Waals surface area contributed by atoms with Gasteiger partial charge in [-0.15, -0.1) is 0 Å². The summed E-state index contributed by atoms with van der Waals surface area (Å²) in [5.41, 5.74) is 0.222. The van der Waals surface area contributed by atoms with Crippen molar-refractivity contribution in [2.75, 3.05) is 6.61 Å². The van der Waals surface area contributed by atoms with Crippen LogP contribution >= 0.6 is 0 Å². The van der Waals surface area contributed by atoms with Gasteiger partial charge in [-0.2, -0.15) is 0 Å². The van der Waals surface area contributed by atoms with Crippen molar-refractivity contribution in [3.63, 3.8) is 0 Å². The molecule has 2 heterocycles. The fourth-order valence-electron chi connectivity index (χ4n) is 2.35. The topological polar surface area (TPSA) is 92.3 Å². The fourth-order valence-corrected chi connectivity index (χ4v) is 2.35. The van der Waals surface area contributed by atoms with Crippen molar-refractivity contribution in [1.29, 1.82) is 0 Å². The van der Waals surface area contributed by atoms with Crippen LogP contribution in [0.5, 0.6) is 0 Å². The van der Waals surface area contributed by atoms with Crippen LogP contribution in [0.4, 0.5) is 0 Å². The van der Waals surface area contributed by atoms with Crippen LogP contribution in [0.1, 0.15) is 43.3 Å². The van der Waals surface area contributed by atoms with E-state index in [-0.39, 0.29) is 18.4 Å². The Balaban J connectivity index is 2.31. The van der Waals surface area contributed by atoms with Gasteiger partial charge < -0.3 is 14.8 Å². The number of hydrogen-bond acceptors (Lipinski definition) is 4. The van der Waals surface area contributed by atoms with Gasteiger partial charge in [0.05, 0.1) is 0 Å². The maximum Gasteiger partial charge on any atom is 0.303 e.